The summed E-state index contributed by atoms with van der Waals surface area (Å²) in [6, 6.07) is 3.42. The summed E-state index contributed by atoms with van der Waals surface area (Å²) in [7, 11) is 0. The number of amidine groups is 1. The zero-order valence-corrected chi connectivity index (χ0v) is 11.0. The van der Waals surface area contributed by atoms with Crippen LogP contribution in [0.1, 0.15) is 12.5 Å². The molecule has 1 atom stereocenters. The van der Waals surface area contributed by atoms with Gasteiger partial charge in [0.25, 0.3) is 6.02 Å². The van der Waals surface area contributed by atoms with Crippen molar-refractivity contribution < 1.29 is 17.9 Å². The molecule has 3 nitrogen and oxygen atoms in total. The highest BCUT2D eigenvalue weighted by Crippen LogP contribution is 2.44. The van der Waals surface area contributed by atoms with Crippen molar-refractivity contribution >= 4 is 22.0 Å². The van der Waals surface area contributed by atoms with Gasteiger partial charge in [-0.25, -0.2) is 9.38 Å². The molecule has 1 aromatic rings. The third-order valence-electron chi connectivity index (χ3n) is 2.90. The first kappa shape index (κ1) is 13.2. The highest BCUT2D eigenvalue weighted by molar-refractivity contribution is 9.10. The van der Waals surface area contributed by atoms with Gasteiger partial charge >= 0.3 is 5.92 Å². The second kappa shape index (κ2) is 4.15. The number of halogens is 4. The van der Waals surface area contributed by atoms with Crippen molar-refractivity contribution in [3.05, 3.63) is 34.1 Å². The van der Waals surface area contributed by atoms with E-state index in [0.29, 0.717) is 4.47 Å². The van der Waals surface area contributed by atoms with Gasteiger partial charge in [0, 0.05) is 10.0 Å². The number of aliphatic imine (C=N–C) groups is 1. The fraction of sp³-hybridized carbons (Fsp3) is 0.364. The van der Waals surface area contributed by atoms with E-state index in [4.69, 9.17) is 5.73 Å². The Labute approximate surface area is 110 Å². The van der Waals surface area contributed by atoms with E-state index >= 15 is 0 Å². The Kier molecular flexibility index (Phi) is 3.04. The van der Waals surface area contributed by atoms with Crippen molar-refractivity contribution in [1.29, 1.82) is 0 Å². The van der Waals surface area contributed by atoms with Crippen LogP contribution in [0.5, 0.6) is 0 Å². The fourth-order valence-electron chi connectivity index (χ4n) is 1.77. The van der Waals surface area contributed by atoms with Crippen molar-refractivity contribution in [2.75, 3.05) is 6.61 Å². The van der Waals surface area contributed by atoms with E-state index in [1.54, 1.807) is 0 Å². The molecular formula is C11H10BrF3N2O. The van der Waals surface area contributed by atoms with Crippen LogP contribution < -0.4 is 5.73 Å². The normalized spacial score (nSPS) is 26.4. The third-order valence-corrected chi connectivity index (χ3v) is 3.39. The van der Waals surface area contributed by atoms with Crippen LogP contribution in [0.3, 0.4) is 0 Å². The summed E-state index contributed by atoms with van der Waals surface area (Å²) in [4.78, 5) is 3.60. The maximum Gasteiger partial charge on any atom is 0.310 e. The topological polar surface area (TPSA) is 47.6 Å². The summed E-state index contributed by atoms with van der Waals surface area (Å²) in [5.41, 5.74) is 3.01. The number of hydrogen-bond acceptors (Lipinski definition) is 3. The summed E-state index contributed by atoms with van der Waals surface area (Å²) in [5.74, 6) is -4.11. The van der Waals surface area contributed by atoms with Crippen LogP contribution >= 0.6 is 15.9 Å². The largest absolute Gasteiger partial charge is 0.459 e. The van der Waals surface area contributed by atoms with Crippen molar-refractivity contribution in [2.24, 2.45) is 10.7 Å². The average Bonchev–Trinajstić information content (AvgIpc) is 2.28. The van der Waals surface area contributed by atoms with E-state index < -0.39 is 23.9 Å². The Balaban J connectivity index is 2.65. The van der Waals surface area contributed by atoms with Gasteiger partial charge in [-0.2, -0.15) is 8.78 Å². The van der Waals surface area contributed by atoms with Crippen LogP contribution in [-0.2, 0) is 10.3 Å². The average molecular weight is 323 g/mol. The number of benzene rings is 1. The van der Waals surface area contributed by atoms with Crippen LogP contribution in [0, 0.1) is 5.82 Å². The van der Waals surface area contributed by atoms with Crippen LogP contribution in [0.15, 0.2) is 27.7 Å². The van der Waals surface area contributed by atoms with Gasteiger partial charge in [-0.1, -0.05) is 15.9 Å². The van der Waals surface area contributed by atoms with Gasteiger partial charge < -0.3 is 10.5 Å². The van der Waals surface area contributed by atoms with Gasteiger partial charge in [0.05, 0.1) is 0 Å². The first-order valence-electron chi connectivity index (χ1n) is 5.08. The van der Waals surface area contributed by atoms with Gasteiger partial charge in [-0.15, -0.1) is 0 Å². The Morgan fingerprint density at radius 2 is 2.11 bits per heavy atom. The molecule has 0 aliphatic carbocycles. The van der Waals surface area contributed by atoms with Crippen molar-refractivity contribution in [2.45, 2.75) is 18.4 Å². The van der Waals surface area contributed by atoms with Crippen molar-refractivity contribution in [1.82, 2.24) is 0 Å². The molecule has 0 amide bonds. The maximum atomic E-state index is 14.0. The number of ether oxygens (including phenoxy) is 1. The number of nitrogens with two attached hydrogens (primary N) is 1. The third kappa shape index (κ3) is 1.96. The summed E-state index contributed by atoms with van der Waals surface area (Å²) in [6.45, 7) is 0.206. The smallest absolute Gasteiger partial charge is 0.310 e. The number of hydrogen-bond donors (Lipinski definition) is 1. The molecule has 0 aromatic heterocycles. The van der Waals surface area contributed by atoms with E-state index in [0.717, 1.165) is 13.0 Å². The van der Waals surface area contributed by atoms with Crippen LogP contribution in [0.2, 0.25) is 0 Å². The lowest BCUT2D eigenvalue weighted by Crippen LogP contribution is -2.51. The zero-order chi connectivity index (χ0) is 13.6. The van der Waals surface area contributed by atoms with Crippen LogP contribution in [-0.4, -0.2) is 18.6 Å². The van der Waals surface area contributed by atoms with Gasteiger partial charge in [-0.05, 0) is 25.1 Å². The molecule has 18 heavy (non-hydrogen) atoms. The molecule has 2 N–H and O–H groups in total. The number of rotatable bonds is 1. The lowest BCUT2D eigenvalue weighted by Gasteiger charge is -2.37. The predicted octanol–water partition coefficient (Wildman–Crippen LogP) is 2.78. The van der Waals surface area contributed by atoms with E-state index in [2.05, 4.69) is 25.7 Å². The monoisotopic (exact) mass is 322 g/mol. The van der Waals surface area contributed by atoms with E-state index in [1.165, 1.54) is 12.1 Å². The standard InChI is InChI=1S/C11H10BrF3N2O/c1-10(7-4-6(12)2-3-8(7)13)11(14,15)5-18-9(16)17-10/h2-4H,5H2,1H3,(H2,16,17). The molecule has 1 aromatic carbocycles. The molecule has 2 rings (SSSR count). The van der Waals surface area contributed by atoms with Crippen molar-refractivity contribution in [3.8, 4) is 0 Å². The molecule has 0 saturated carbocycles. The summed E-state index contributed by atoms with van der Waals surface area (Å²) in [5, 5.41) is 0. The molecule has 1 aliphatic rings. The highest BCUT2D eigenvalue weighted by Gasteiger charge is 2.56. The first-order chi connectivity index (χ1) is 8.26. The minimum absolute atomic E-state index is 0.229. The van der Waals surface area contributed by atoms with E-state index in [-0.39, 0.29) is 11.6 Å². The second-order valence-electron chi connectivity index (χ2n) is 4.14. The Morgan fingerprint density at radius 3 is 2.78 bits per heavy atom. The molecule has 0 spiro atoms. The predicted molar refractivity (Wildman–Crippen MR) is 64.0 cm³/mol. The summed E-state index contributed by atoms with van der Waals surface area (Å²) < 4.78 is 46.7. The van der Waals surface area contributed by atoms with Crippen LogP contribution in [0.25, 0.3) is 0 Å². The second-order valence-corrected chi connectivity index (χ2v) is 5.06. The van der Waals surface area contributed by atoms with Gasteiger partial charge in [0.15, 0.2) is 12.1 Å². The maximum absolute atomic E-state index is 14.0. The highest BCUT2D eigenvalue weighted by atomic mass is 79.9. The first-order valence-corrected chi connectivity index (χ1v) is 5.87. The minimum Gasteiger partial charge on any atom is -0.459 e. The summed E-state index contributed by atoms with van der Waals surface area (Å²) in [6.07, 6.45) is 0. The molecule has 0 saturated heterocycles. The molecular weight excluding hydrogens is 313 g/mol. The van der Waals surface area contributed by atoms with E-state index in [9.17, 15) is 13.2 Å². The molecule has 98 valence electrons. The SMILES string of the molecule is CC1(c2cc(Br)ccc2F)N=C(N)OCC1(F)F. The van der Waals surface area contributed by atoms with Crippen LogP contribution in [0.4, 0.5) is 13.2 Å². The van der Waals surface area contributed by atoms with E-state index in [1.807, 2.05) is 0 Å². The van der Waals surface area contributed by atoms with Crippen molar-refractivity contribution in [3.63, 3.8) is 0 Å². The molecule has 0 bridgehead atoms. The Morgan fingerprint density at radius 1 is 1.44 bits per heavy atom. The molecule has 1 heterocycles. The number of alkyl halides is 2. The summed E-state index contributed by atoms with van der Waals surface area (Å²) >= 11 is 3.12. The molecule has 0 radical (unpaired) electrons. The minimum atomic E-state index is -3.35. The lowest BCUT2D eigenvalue weighted by atomic mass is 9.85. The fourth-order valence-corrected chi connectivity index (χ4v) is 2.13. The van der Waals surface area contributed by atoms with Gasteiger partial charge in [0.2, 0.25) is 0 Å². The quantitative estimate of drug-likeness (QED) is 0.864. The molecule has 1 unspecified atom stereocenters. The molecule has 0 fully saturated rings. The van der Waals surface area contributed by atoms with Gasteiger partial charge in [0.1, 0.15) is 5.82 Å². The Bertz CT molecular complexity index is 521. The molecule has 7 heteroatoms. The zero-order valence-electron chi connectivity index (χ0n) is 9.38. The number of nitrogens with zero attached hydrogens (tertiary/aromatic N) is 1. The Hall–Kier alpha value is -1.24. The molecule has 1 aliphatic heterocycles. The van der Waals surface area contributed by atoms with Gasteiger partial charge in [-0.3, -0.25) is 0 Å². The lowest BCUT2D eigenvalue weighted by molar-refractivity contribution is -0.117.